The van der Waals surface area contributed by atoms with Crippen LogP contribution in [0.1, 0.15) is 341 Å². The molecule has 0 aromatic heterocycles. The fourth-order valence-corrected chi connectivity index (χ4v) is 10.6. The van der Waals surface area contributed by atoms with E-state index in [2.05, 4.69) is 19.2 Å². The molecule has 0 saturated heterocycles. The van der Waals surface area contributed by atoms with Crippen LogP contribution in [0.15, 0.2) is 0 Å². The predicted molar refractivity (Wildman–Crippen MR) is 296 cm³/mol. The molecule has 0 saturated carbocycles. The Kier molecular flexibility index (Phi) is 55.4. The summed E-state index contributed by atoms with van der Waals surface area (Å²) in [5.41, 5.74) is 5.41. The minimum absolute atomic E-state index is 0.0929. The molecule has 0 rings (SSSR count). The molecule has 0 heterocycles. The average molecular weight is 986 g/mol. The van der Waals surface area contributed by atoms with Crippen molar-refractivity contribution in [2.75, 3.05) is 19.8 Å². The summed E-state index contributed by atoms with van der Waals surface area (Å²) in [6, 6.07) is -0.769. The number of amides is 1. The van der Waals surface area contributed by atoms with Crippen molar-refractivity contribution in [1.29, 1.82) is 0 Å². The number of nitrogens with one attached hydrogen (secondary N) is 1. The molecule has 0 aromatic carbocycles. The van der Waals surface area contributed by atoms with Gasteiger partial charge in [0.1, 0.15) is 0 Å². The molecule has 8 nitrogen and oxygen atoms in total. The minimum Gasteiger partial charge on any atom is -0.391 e. The number of carbonyl (C=O) groups is 1. The van der Waals surface area contributed by atoms with Crippen molar-refractivity contribution < 1.29 is 28.4 Å². The number of phosphoric acid groups is 1. The van der Waals surface area contributed by atoms with Crippen LogP contribution in [-0.2, 0) is 18.4 Å². The Morgan fingerprint density at radius 3 is 0.941 bits per heavy atom. The van der Waals surface area contributed by atoms with Gasteiger partial charge in [-0.15, -0.1) is 0 Å². The maximum Gasteiger partial charge on any atom is 0.472 e. The maximum absolute atomic E-state index is 12.9. The van der Waals surface area contributed by atoms with Crippen LogP contribution in [0, 0.1) is 0 Å². The van der Waals surface area contributed by atoms with Crippen molar-refractivity contribution in [3.05, 3.63) is 0 Å². The summed E-state index contributed by atoms with van der Waals surface area (Å²) in [7, 11) is -4.32. The number of aliphatic hydroxyl groups excluding tert-OH is 1. The molecule has 0 aliphatic rings. The zero-order valence-corrected chi connectivity index (χ0v) is 46.8. The smallest absolute Gasteiger partial charge is 0.391 e. The summed E-state index contributed by atoms with van der Waals surface area (Å²) in [5, 5.41) is 13.9. The standard InChI is InChI=1S/C59H121N2O6P/c1-3-5-7-9-11-13-15-17-19-20-21-22-23-24-25-26-27-28-29-30-31-32-33-34-35-36-37-39-41-43-45-47-49-51-53-59(63)61-57(56-67-68(64,65)66-55-54-60)58(62)52-50-48-46-44-42-40-38-18-16-14-12-10-8-6-4-2/h57-58,62H,3-56,60H2,1-2H3,(H,61,63)(H,64,65)/t57-,58+/m0/s1. The van der Waals surface area contributed by atoms with Gasteiger partial charge in [0.05, 0.1) is 25.4 Å². The molecule has 0 aliphatic heterocycles. The van der Waals surface area contributed by atoms with E-state index in [1.807, 2.05) is 0 Å². The maximum atomic E-state index is 12.9. The van der Waals surface area contributed by atoms with Gasteiger partial charge in [-0.25, -0.2) is 4.57 Å². The first kappa shape index (κ1) is 67.5. The highest BCUT2D eigenvalue weighted by molar-refractivity contribution is 7.47. The van der Waals surface area contributed by atoms with Crippen LogP contribution in [-0.4, -0.2) is 47.8 Å². The molecule has 0 fully saturated rings. The molecule has 0 aromatic rings. The summed E-state index contributed by atoms with van der Waals surface area (Å²) in [4.78, 5) is 22.9. The highest BCUT2D eigenvalue weighted by Gasteiger charge is 2.27. The lowest BCUT2D eigenvalue weighted by Gasteiger charge is -2.25. The van der Waals surface area contributed by atoms with E-state index in [1.165, 1.54) is 276 Å². The lowest BCUT2D eigenvalue weighted by atomic mass is 10.0. The normalized spacial score (nSPS) is 13.5. The molecule has 0 bridgehead atoms. The van der Waals surface area contributed by atoms with Crippen molar-refractivity contribution in [2.24, 2.45) is 5.73 Å². The number of hydrogen-bond donors (Lipinski definition) is 4. The fourth-order valence-electron chi connectivity index (χ4n) is 9.85. The van der Waals surface area contributed by atoms with Crippen molar-refractivity contribution in [3.8, 4) is 0 Å². The van der Waals surface area contributed by atoms with Gasteiger partial charge in [-0.2, -0.15) is 0 Å². The lowest BCUT2D eigenvalue weighted by molar-refractivity contribution is -0.123. The molecule has 9 heteroatoms. The van der Waals surface area contributed by atoms with Crippen LogP contribution in [0.3, 0.4) is 0 Å². The van der Waals surface area contributed by atoms with Gasteiger partial charge in [-0.3, -0.25) is 13.8 Å². The van der Waals surface area contributed by atoms with E-state index in [1.54, 1.807) is 0 Å². The number of hydrogen-bond acceptors (Lipinski definition) is 6. The molecule has 408 valence electrons. The van der Waals surface area contributed by atoms with E-state index in [0.717, 1.165) is 38.5 Å². The summed E-state index contributed by atoms with van der Waals surface area (Å²) >= 11 is 0. The van der Waals surface area contributed by atoms with E-state index in [4.69, 9.17) is 14.8 Å². The third-order valence-electron chi connectivity index (χ3n) is 14.5. The second-order valence-corrected chi connectivity index (χ2v) is 22.7. The van der Waals surface area contributed by atoms with Gasteiger partial charge in [0.25, 0.3) is 0 Å². The lowest BCUT2D eigenvalue weighted by Crippen LogP contribution is -2.46. The molecule has 3 atom stereocenters. The van der Waals surface area contributed by atoms with E-state index in [-0.39, 0.29) is 25.7 Å². The summed E-state index contributed by atoms with van der Waals surface area (Å²) < 4.78 is 22.3. The van der Waals surface area contributed by atoms with Gasteiger partial charge in [0, 0.05) is 13.0 Å². The van der Waals surface area contributed by atoms with Gasteiger partial charge in [0.15, 0.2) is 0 Å². The monoisotopic (exact) mass is 985 g/mol. The van der Waals surface area contributed by atoms with Gasteiger partial charge in [-0.05, 0) is 12.8 Å². The highest BCUT2D eigenvalue weighted by atomic mass is 31.2. The third kappa shape index (κ3) is 53.3. The van der Waals surface area contributed by atoms with E-state index in [9.17, 15) is 19.4 Å². The van der Waals surface area contributed by atoms with Gasteiger partial charge >= 0.3 is 7.82 Å². The number of unbranched alkanes of at least 4 members (excludes halogenated alkanes) is 47. The molecule has 1 amide bonds. The highest BCUT2D eigenvalue weighted by Crippen LogP contribution is 2.43. The van der Waals surface area contributed by atoms with Crippen LogP contribution >= 0.6 is 7.82 Å². The first-order valence-corrected chi connectivity index (χ1v) is 32.1. The van der Waals surface area contributed by atoms with E-state index in [0.29, 0.717) is 12.8 Å². The minimum atomic E-state index is -4.32. The molecule has 0 aliphatic carbocycles. The molecule has 5 N–H and O–H groups in total. The zero-order chi connectivity index (χ0) is 49.5. The average Bonchev–Trinajstić information content (AvgIpc) is 3.33. The molecule has 0 radical (unpaired) electrons. The van der Waals surface area contributed by atoms with Crippen molar-refractivity contribution >= 4 is 13.7 Å². The first-order valence-electron chi connectivity index (χ1n) is 30.7. The number of nitrogens with two attached hydrogens (primary N) is 1. The first-order chi connectivity index (χ1) is 33.4. The third-order valence-corrected chi connectivity index (χ3v) is 15.4. The van der Waals surface area contributed by atoms with Crippen LogP contribution in [0.2, 0.25) is 0 Å². The Morgan fingerprint density at radius 1 is 0.426 bits per heavy atom. The Morgan fingerprint density at radius 2 is 0.676 bits per heavy atom. The SMILES string of the molecule is CCCCCCCCCCCCCCCCCCCCCCCCCCCCCCCCCCCCC(=O)N[C@@H](COP(=O)(O)OCCN)[C@H](O)CCCCCCCCCCCCCCCCC. The second-order valence-electron chi connectivity index (χ2n) is 21.3. The Bertz CT molecular complexity index is 1040. The largest absolute Gasteiger partial charge is 0.472 e. The zero-order valence-electron chi connectivity index (χ0n) is 45.9. The van der Waals surface area contributed by atoms with Crippen molar-refractivity contribution in [3.63, 3.8) is 0 Å². The van der Waals surface area contributed by atoms with Crippen molar-refractivity contribution in [2.45, 2.75) is 353 Å². The Labute approximate surface area is 424 Å². The molecule has 0 spiro atoms. The molecule has 1 unspecified atom stereocenters. The van der Waals surface area contributed by atoms with Crippen LogP contribution in [0.4, 0.5) is 0 Å². The summed E-state index contributed by atoms with van der Waals surface area (Å²) in [5.74, 6) is -0.152. The number of rotatable bonds is 59. The second kappa shape index (κ2) is 55.8. The molecular formula is C59H121N2O6P. The summed E-state index contributed by atoms with van der Waals surface area (Å²) in [6.45, 7) is 4.27. The van der Waals surface area contributed by atoms with E-state index >= 15 is 0 Å². The van der Waals surface area contributed by atoms with Crippen LogP contribution in [0.25, 0.3) is 0 Å². The Balaban J connectivity index is 3.76. The summed E-state index contributed by atoms with van der Waals surface area (Å²) in [6.07, 6.45) is 66.1. The number of phosphoric ester groups is 1. The van der Waals surface area contributed by atoms with Gasteiger partial charge in [0.2, 0.25) is 5.91 Å². The predicted octanol–water partition coefficient (Wildman–Crippen LogP) is 18.9. The topological polar surface area (TPSA) is 131 Å². The van der Waals surface area contributed by atoms with Crippen molar-refractivity contribution in [1.82, 2.24) is 5.32 Å². The van der Waals surface area contributed by atoms with Crippen LogP contribution in [0.5, 0.6) is 0 Å². The number of carbonyl (C=O) groups excluding carboxylic acids is 1. The Hall–Kier alpha value is -0.500. The fraction of sp³-hybridized carbons (Fsp3) is 0.983. The van der Waals surface area contributed by atoms with Gasteiger partial charge < -0.3 is 21.1 Å². The van der Waals surface area contributed by atoms with E-state index < -0.39 is 20.0 Å². The quantitative estimate of drug-likeness (QED) is 0.0353. The van der Waals surface area contributed by atoms with Crippen LogP contribution < -0.4 is 11.1 Å². The molecular weight excluding hydrogens is 864 g/mol. The number of aliphatic hydroxyl groups is 1. The van der Waals surface area contributed by atoms with Gasteiger partial charge in [-0.1, -0.05) is 322 Å². The molecule has 68 heavy (non-hydrogen) atoms.